The molecule has 13 heavy (non-hydrogen) atoms. The van der Waals surface area contributed by atoms with E-state index in [4.69, 9.17) is 23.2 Å². The number of hydrogen-bond donors (Lipinski definition) is 0. The highest BCUT2D eigenvalue weighted by molar-refractivity contribution is 6.43. The first-order valence-electron chi connectivity index (χ1n) is 3.89. The fourth-order valence-corrected chi connectivity index (χ4v) is 1.75. The summed E-state index contributed by atoms with van der Waals surface area (Å²) in [6, 6.07) is 7.83. The van der Waals surface area contributed by atoms with Crippen molar-refractivity contribution >= 4 is 34.2 Å². The summed E-state index contributed by atoms with van der Waals surface area (Å²) in [7, 11) is 1.91. The standard InChI is InChI=1S/C9H8Cl2N2/c1-13-7-5-3-2-4-6(7)12-9(13)8(10)11/h2-5,8H,1H3. The second-order valence-corrected chi connectivity index (χ2v) is 3.91. The van der Waals surface area contributed by atoms with Crippen molar-refractivity contribution in [1.82, 2.24) is 9.55 Å². The Balaban J connectivity index is 2.74. The third kappa shape index (κ3) is 1.40. The smallest absolute Gasteiger partial charge is 0.165 e. The second-order valence-electron chi connectivity index (χ2n) is 2.82. The van der Waals surface area contributed by atoms with Gasteiger partial charge in [0.2, 0.25) is 0 Å². The fraction of sp³-hybridized carbons (Fsp3) is 0.222. The summed E-state index contributed by atoms with van der Waals surface area (Å²) < 4.78 is 1.90. The zero-order valence-electron chi connectivity index (χ0n) is 7.04. The number of fused-ring (bicyclic) bond motifs is 1. The Morgan fingerprint density at radius 2 is 2.00 bits per heavy atom. The molecule has 0 saturated heterocycles. The first-order valence-corrected chi connectivity index (χ1v) is 4.77. The van der Waals surface area contributed by atoms with Gasteiger partial charge in [-0.15, -0.1) is 0 Å². The molecule has 2 rings (SSSR count). The van der Waals surface area contributed by atoms with E-state index < -0.39 is 4.84 Å². The molecule has 2 nitrogen and oxygen atoms in total. The molecule has 1 heterocycles. The molecule has 1 aromatic heterocycles. The minimum atomic E-state index is -0.572. The van der Waals surface area contributed by atoms with E-state index in [1.165, 1.54) is 0 Å². The Morgan fingerprint density at radius 3 is 2.62 bits per heavy atom. The summed E-state index contributed by atoms with van der Waals surface area (Å²) in [5, 5.41) is 0. The average molecular weight is 215 g/mol. The van der Waals surface area contributed by atoms with Gasteiger partial charge in [-0.2, -0.15) is 0 Å². The predicted molar refractivity (Wildman–Crippen MR) is 55.2 cm³/mol. The van der Waals surface area contributed by atoms with Crippen LogP contribution in [-0.4, -0.2) is 9.55 Å². The average Bonchev–Trinajstić information content (AvgIpc) is 2.45. The van der Waals surface area contributed by atoms with E-state index in [1.54, 1.807) is 0 Å². The van der Waals surface area contributed by atoms with Crippen LogP contribution in [0.15, 0.2) is 24.3 Å². The second kappa shape index (κ2) is 3.20. The number of imidazole rings is 1. The Kier molecular flexibility index (Phi) is 2.18. The molecule has 4 heteroatoms. The van der Waals surface area contributed by atoms with Gasteiger partial charge in [-0.1, -0.05) is 35.3 Å². The minimum Gasteiger partial charge on any atom is -0.329 e. The molecule has 2 aromatic rings. The Hall–Kier alpha value is -0.730. The normalized spacial score (nSPS) is 11.4. The van der Waals surface area contributed by atoms with E-state index in [1.807, 2.05) is 35.9 Å². The van der Waals surface area contributed by atoms with Crippen molar-refractivity contribution in [3.8, 4) is 0 Å². The van der Waals surface area contributed by atoms with Gasteiger partial charge in [-0.3, -0.25) is 0 Å². The van der Waals surface area contributed by atoms with Gasteiger partial charge in [-0.05, 0) is 12.1 Å². The lowest BCUT2D eigenvalue weighted by atomic mass is 10.3. The largest absolute Gasteiger partial charge is 0.329 e. The van der Waals surface area contributed by atoms with Gasteiger partial charge >= 0.3 is 0 Å². The lowest BCUT2D eigenvalue weighted by molar-refractivity contribution is 0.864. The third-order valence-electron chi connectivity index (χ3n) is 2.02. The van der Waals surface area contributed by atoms with Crippen molar-refractivity contribution in [3.63, 3.8) is 0 Å². The highest BCUT2D eigenvalue weighted by atomic mass is 35.5. The molecular formula is C9H8Cl2N2. The number of nitrogens with zero attached hydrogens (tertiary/aromatic N) is 2. The van der Waals surface area contributed by atoms with Crippen molar-refractivity contribution < 1.29 is 0 Å². The maximum absolute atomic E-state index is 5.76. The zero-order chi connectivity index (χ0) is 9.42. The first-order chi connectivity index (χ1) is 6.20. The number of halogens is 2. The number of hydrogen-bond acceptors (Lipinski definition) is 1. The maximum atomic E-state index is 5.76. The molecule has 0 amide bonds. The van der Waals surface area contributed by atoms with Crippen LogP contribution in [0.2, 0.25) is 0 Å². The van der Waals surface area contributed by atoms with E-state index >= 15 is 0 Å². The molecule has 0 aliphatic heterocycles. The Morgan fingerprint density at radius 1 is 1.31 bits per heavy atom. The number of rotatable bonds is 1. The highest BCUT2D eigenvalue weighted by Gasteiger charge is 2.12. The molecule has 0 unspecified atom stereocenters. The van der Waals surface area contributed by atoms with Gasteiger partial charge in [0.25, 0.3) is 0 Å². The molecule has 0 radical (unpaired) electrons. The van der Waals surface area contributed by atoms with Gasteiger partial charge in [0.1, 0.15) is 5.82 Å². The number of alkyl halides is 2. The van der Waals surface area contributed by atoms with Crippen molar-refractivity contribution in [3.05, 3.63) is 30.1 Å². The van der Waals surface area contributed by atoms with Crippen LogP contribution >= 0.6 is 23.2 Å². The molecule has 68 valence electrons. The van der Waals surface area contributed by atoms with Crippen LogP contribution in [0.5, 0.6) is 0 Å². The van der Waals surface area contributed by atoms with Crippen molar-refractivity contribution in [1.29, 1.82) is 0 Å². The molecule has 0 atom stereocenters. The zero-order valence-corrected chi connectivity index (χ0v) is 8.55. The summed E-state index contributed by atoms with van der Waals surface area (Å²) in [6.45, 7) is 0. The lowest BCUT2D eigenvalue weighted by Gasteiger charge is -2.00. The molecular weight excluding hydrogens is 207 g/mol. The first kappa shape index (κ1) is 8.85. The topological polar surface area (TPSA) is 17.8 Å². The Labute approximate surface area is 86.1 Å². The molecule has 0 aliphatic carbocycles. The monoisotopic (exact) mass is 214 g/mol. The van der Waals surface area contributed by atoms with E-state index in [-0.39, 0.29) is 0 Å². The van der Waals surface area contributed by atoms with E-state index in [0.717, 1.165) is 11.0 Å². The molecule has 0 saturated carbocycles. The Bertz CT molecular complexity index is 434. The van der Waals surface area contributed by atoms with Crippen LogP contribution in [0.3, 0.4) is 0 Å². The van der Waals surface area contributed by atoms with Crippen molar-refractivity contribution in [2.24, 2.45) is 7.05 Å². The van der Waals surface area contributed by atoms with Gasteiger partial charge in [0, 0.05) is 7.05 Å². The summed E-state index contributed by atoms with van der Waals surface area (Å²) >= 11 is 11.5. The molecule has 0 bridgehead atoms. The van der Waals surface area contributed by atoms with Gasteiger partial charge in [-0.25, -0.2) is 4.98 Å². The highest BCUT2D eigenvalue weighted by Crippen LogP contribution is 2.26. The lowest BCUT2D eigenvalue weighted by Crippen LogP contribution is -1.95. The molecule has 0 fully saturated rings. The molecule has 1 aromatic carbocycles. The van der Waals surface area contributed by atoms with Crippen LogP contribution in [-0.2, 0) is 7.05 Å². The quantitative estimate of drug-likeness (QED) is 0.668. The molecule has 0 spiro atoms. The van der Waals surface area contributed by atoms with Crippen LogP contribution in [0.4, 0.5) is 0 Å². The van der Waals surface area contributed by atoms with Crippen LogP contribution in [0.25, 0.3) is 11.0 Å². The van der Waals surface area contributed by atoms with Crippen LogP contribution in [0.1, 0.15) is 10.7 Å². The summed E-state index contributed by atoms with van der Waals surface area (Å²) in [5.41, 5.74) is 1.97. The number of benzene rings is 1. The summed E-state index contributed by atoms with van der Waals surface area (Å²) in [6.07, 6.45) is 0. The van der Waals surface area contributed by atoms with Crippen LogP contribution < -0.4 is 0 Å². The molecule has 0 aliphatic rings. The minimum absolute atomic E-state index is 0.572. The fourth-order valence-electron chi connectivity index (χ4n) is 1.36. The number of aryl methyl sites for hydroxylation is 1. The van der Waals surface area contributed by atoms with Gasteiger partial charge in [0.05, 0.1) is 11.0 Å². The maximum Gasteiger partial charge on any atom is 0.165 e. The SMILES string of the molecule is Cn1c(C(Cl)Cl)nc2ccccc21. The van der Waals surface area contributed by atoms with Gasteiger partial charge < -0.3 is 4.57 Å². The van der Waals surface area contributed by atoms with E-state index in [9.17, 15) is 0 Å². The van der Waals surface area contributed by atoms with Crippen molar-refractivity contribution in [2.45, 2.75) is 4.84 Å². The number of aromatic nitrogens is 2. The molecule has 0 N–H and O–H groups in total. The van der Waals surface area contributed by atoms with Gasteiger partial charge in [0.15, 0.2) is 4.84 Å². The summed E-state index contributed by atoms with van der Waals surface area (Å²) in [4.78, 5) is 3.74. The van der Waals surface area contributed by atoms with Crippen molar-refractivity contribution in [2.75, 3.05) is 0 Å². The summed E-state index contributed by atoms with van der Waals surface area (Å²) in [5.74, 6) is 0.685. The van der Waals surface area contributed by atoms with Crippen LogP contribution in [0, 0.1) is 0 Å². The predicted octanol–water partition coefficient (Wildman–Crippen LogP) is 3.05. The van der Waals surface area contributed by atoms with E-state index in [2.05, 4.69) is 4.98 Å². The third-order valence-corrected chi connectivity index (χ3v) is 2.41. The van der Waals surface area contributed by atoms with E-state index in [0.29, 0.717) is 5.82 Å². The number of para-hydroxylation sites is 2.